The van der Waals surface area contributed by atoms with Gasteiger partial charge >= 0.3 is 0 Å². The number of alkyl halides is 2. The van der Waals surface area contributed by atoms with E-state index in [9.17, 15) is 14.9 Å². The minimum absolute atomic E-state index is 0.0235. The van der Waals surface area contributed by atoms with Gasteiger partial charge in [0.2, 0.25) is 0 Å². The smallest absolute Gasteiger partial charge is 0.269 e. The Kier molecular flexibility index (Phi) is 5.30. The number of carbonyl (C=O) groups is 1. The van der Waals surface area contributed by atoms with Crippen molar-refractivity contribution in [3.05, 3.63) is 88.0 Å². The molecule has 0 bridgehead atoms. The van der Waals surface area contributed by atoms with Gasteiger partial charge in [0.25, 0.3) is 5.69 Å². The first-order valence-corrected chi connectivity index (χ1v) is 9.36. The van der Waals surface area contributed by atoms with Crippen LogP contribution in [0, 0.1) is 10.1 Å². The summed E-state index contributed by atoms with van der Waals surface area (Å²) in [6, 6.07) is 19.7. The molecule has 0 fully saturated rings. The van der Waals surface area contributed by atoms with Gasteiger partial charge in [-0.25, -0.2) is 0 Å². The van der Waals surface area contributed by atoms with Crippen molar-refractivity contribution in [3.63, 3.8) is 0 Å². The van der Waals surface area contributed by atoms with E-state index in [1.165, 1.54) is 12.1 Å². The van der Waals surface area contributed by atoms with Crippen LogP contribution < -0.4 is 0 Å². The van der Waals surface area contributed by atoms with Crippen LogP contribution in [-0.4, -0.2) is 15.5 Å². The number of non-ortho nitro benzene ring substituents is 1. The van der Waals surface area contributed by atoms with Crippen molar-refractivity contribution in [3.8, 4) is 0 Å². The van der Waals surface area contributed by atoms with Gasteiger partial charge in [-0.3, -0.25) is 14.9 Å². The number of benzene rings is 3. The van der Waals surface area contributed by atoms with E-state index in [0.29, 0.717) is 5.56 Å². The highest BCUT2D eigenvalue weighted by Crippen LogP contribution is 2.34. The molecule has 0 radical (unpaired) electrons. The Bertz CT molecular complexity index is 941. The topological polar surface area (TPSA) is 60.2 Å². The molecule has 3 aromatic rings. The number of hydrogen-bond acceptors (Lipinski definition) is 3. The molecule has 0 heterocycles. The predicted octanol–water partition coefficient (Wildman–Crippen LogP) is 5.83. The second-order valence-corrected chi connectivity index (χ2v) is 7.55. The monoisotopic (exact) mass is 461 g/mol. The van der Waals surface area contributed by atoms with E-state index < -0.39 is 9.75 Å². The molecule has 3 aromatic carbocycles. The molecule has 2 unspecified atom stereocenters. The molecular weight excluding hydrogens is 450 g/mol. The van der Waals surface area contributed by atoms with Gasteiger partial charge in [-0.2, -0.15) is 0 Å². The van der Waals surface area contributed by atoms with Crippen molar-refractivity contribution in [2.45, 2.75) is 9.65 Å². The molecular formula is C19H13Br2NO3. The van der Waals surface area contributed by atoms with Crippen molar-refractivity contribution in [2.24, 2.45) is 0 Å². The lowest BCUT2D eigenvalue weighted by molar-refractivity contribution is -0.384. The van der Waals surface area contributed by atoms with Gasteiger partial charge in [-0.15, -0.1) is 0 Å². The first-order valence-electron chi connectivity index (χ1n) is 7.53. The number of fused-ring (bicyclic) bond motifs is 1. The van der Waals surface area contributed by atoms with Crippen molar-refractivity contribution < 1.29 is 9.72 Å². The van der Waals surface area contributed by atoms with Gasteiger partial charge in [0.15, 0.2) is 5.78 Å². The maximum Gasteiger partial charge on any atom is 0.269 e. The summed E-state index contributed by atoms with van der Waals surface area (Å²) in [5.74, 6) is -0.0500. The molecule has 0 aliphatic heterocycles. The fraction of sp³-hybridized carbons (Fsp3) is 0.105. The van der Waals surface area contributed by atoms with Crippen molar-refractivity contribution in [2.75, 3.05) is 0 Å². The highest BCUT2D eigenvalue weighted by Gasteiger charge is 2.26. The molecule has 126 valence electrons. The Labute approximate surface area is 161 Å². The zero-order valence-electron chi connectivity index (χ0n) is 12.9. The largest absolute Gasteiger partial charge is 0.293 e. The van der Waals surface area contributed by atoms with Crippen LogP contribution in [-0.2, 0) is 0 Å². The summed E-state index contributed by atoms with van der Waals surface area (Å²) in [6.45, 7) is 0. The molecule has 0 aliphatic carbocycles. The van der Waals surface area contributed by atoms with Crippen LogP contribution in [0.15, 0.2) is 66.7 Å². The summed E-state index contributed by atoms with van der Waals surface area (Å²) in [7, 11) is 0. The van der Waals surface area contributed by atoms with Crippen LogP contribution in [0.25, 0.3) is 10.8 Å². The quantitative estimate of drug-likeness (QED) is 0.207. The van der Waals surface area contributed by atoms with Gasteiger partial charge in [0, 0.05) is 17.7 Å². The lowest BCUT2D eigenvalue weighted by atomic mass is 9.99. The highest BCUT2D eigenvalue weighted by molar-refractivity contribution is 9.12. The zero-order valence-corrected chi connectivity index (χ0v) is 16.1. The number of nitro benzene ring substituents is 1. The van der Waals surface area contributed by atoms with E-state index in [-0.39, 0.29) is 16.3 Å². The van der Waals surface area contributed by atoms with Crippen LogP contribution in [0.1, 0.15) is 20.7 Å². The number of nitro groups is 1. The summed E-state index contributed by atoms with van der Waals surface area (Å²) in [4.78, 5) is 22.3. The Morgan fingerprint density at radius 2 is 1.56 bits per heavy atom. The van der Waals surface area contributed by atoms with E-state index in [4.69, 9.17) is 0 Å². The lowest BCUT2D eigenvalue weighted by Crippen LogP contribution is -2.19. The van der Waals surface area contributed by atoms with Gasteiger partial charge in [0.1, 0.15) is 0 Å². The predicted molar refractivity (Wildman–Crippen MR) is 106 cm³/mol. The molecule has 2 atom stereocenters. The summed E-state index contributed by atoms with van der Waals surface area (Å²) >= 11 is 6.99. The summed E-state index contributed by atoms with van der Waals surface area (Å²) in [6.07, 6.45) is 0. The number of Topliss-reactive ketones (excluding diaryl/α,β-unsaturated/α-hetero) is 1. The standard InChI is InChI=1S/C19H13Br2NO3/c20-17(13-7-9-16(10-8-13)22(24)25)18(21)19(23)15-6-5-12-3-1-2-4-14(12)11-15/h1-11,17-18H. The summed E-state index contributed by atoms with van der Waals surface area (Å²) in [5.41, 5.74) is 1.43. The number of carbonyl (C=O) groups excluding carboxylic acids is 1. The third kappa shape index (κ3) is 3.80. The first kappa shape index (κ1) is 17.8. The second-order valence-electron chi connectivity index (χ2n) is 5.58. The van der Waals surface area contributed by atoms with Crippen LogP contribution in [0.2, 0.25) is 0 Å². The number of hydrogen-bond donors (Lipinski definition) is 0. The molecule has 3 rings (SSSR count). The lowest BCUT2D eigenvalue weighted by Gasteiger charge is -2.16. The molecule has 25 heavy (non-hydrogen) atoms. The van der Waals surface area contributed by atoms with Crippen molar-refractivity contribution in [1.82, 2.24) is 0 Å². The molecule has 6 heteroatoms. The molecule has 4 nitrogen and oxygen atoms in total. The molecule has 0 N–H and O–H groups in total. The average Bonchev–Trinajstić information content (AvgIpc) is 2.65. The molecule has 0 saturated heterocycles. The van der Waals surface area contributed by atoms with Gasteiger partial charge < -0.3 is 0 Å². The Hall–Kier alpha value is -2.05. The minimum atomic E-state index is -0.491. The molecule has 0 saturated carbocycles. The third-order valence-corrected chi connectivity index (χ3v) is 6.67. The number of halogens is 2. The van der Waals surface area contributed by atoms with Crippen LogP contribution in [0.5, 0.6) is 0 Å². The fourth-order valence-electron chi connectivity index (χ4n) is 2.58. The molecule has 0 spiro atoms. The molecule has 0 amide bonds. The van der Waals surface area contributed by atoms with Gasteiger partial charge in [-0.1, -0.05) is 80.4 Å². The van der Waals surface area contributed by atoms with Crippen LogP contribution in [0.4, 0.5) is 5.69 Å². The normalized spacial score (nSPS) is 13.4. The minimum Gasteiger partial charge on any atom is -0.293 e. The van der Waals surface area contributed by atoms with E-state index in [2.05, 4.69) is 31.9 Å². The van der Waals surface area contributed by atoms with Crippen LogP contribution in [0.3, 0.4) is 0 Å². The highest BCUT2D eigenvalue weighted by atomic mass is 79.9. The fourth-order valence-corrected chi connectivity index (χ4v) is 3.70. The molecule has 0 aliphatic rings. The van der Waals surface area contributed by atoms with E-state index in [0.717, 1.165) is 16.3 Å². The average molecular weight is 463 g/mol. The number of ketones is 1. The van der Waals surface area contributed by atoms with Crippen LogP contribution >= 0.6 is 31.9 Å². The Morgan fingerprint density at radius 3 is 2.20 bits per heavy atom. The van der Waals surface area contributed by atoms with E-state index >= 15 is 0 Å². The SMILES string of the molecule is O=C(c1ccc2ccccc2c1)C(Br)C(Br)c1ccc([N+](=O)[O-])cc1. The van der Waals surface area contributed by atoms with Crippen molar-refractivity contribution in [1.29, 1.82) is 0 Å². The second kappa shape index (κ2) is 7.45. The maximum atomic E-state index is 12.8. The summed E-state index contributed by atoms with van der Waals surface area (Å²) in [5, 5.41) is 12.8. The van der Waals surface area contributed by atoms with E-state index in [1.807, 2.05) is 42.5 Å². The Balaban J connectivity index is 1.83. The zero-order chi connectivity index (χ0) is 18.0. The van der Waals surface area contributed by atoms with Crippen molar-refractivity contribution >= 4 is 54.1 Å². The van der Waals surface area contributed by atoms with E-state index in [1.54, 1.807) is 12.1 Å². The third-order valence-electron chi connectivity index (χ3n) is 3.96. The van der Waals surface area contributed by atoms with Gasteiger partial charge in [-0.05, 0) is 22.4 Å². The molecule has 0 aromatic heterocycles. The summed E-state index contributed by atoms with van der Waals surface area (Å²) < 4.78 is 0. The number of rotatable bonds is 5. The maximum absolute atomic E-state index is 12.8. The number of nitrogens with zero attached hydrogens (tertiary/aromatic N) is 1. The Morgan fingerprint density at radius 1 is 0.920 bits per heavy atom. The first-order chi connectivity index (χ1) is 12.0. The van der Waals surface area contributed by atoms with Gasteiger partial charge in [0.05, 0.1) is 14.6 Å².